The van der Waals surface area contributed by atoms with Crippen LogP contribution in [0.15, 0.2) is 88.9 Å². The van der Waals surface area contributed by atoms with E-state index in [1.54, 1.807) is 60.0 Å². The third-order valence-corrected chi connectivity index (χ3v) is 8.90. The molecule has 1 N–H and O–H groups in total. The van der Waals surface area contributed by atoms with Crippen LogP contribution in [0.4, 0.5) is 5.69 Å². The number of sulfone groups is 1. The summed E-state index contributed by atoms with van der Waals surface area (Å²) in [6.07, 6.45) is 0.465. The predicted molar refractivity (Wildman–Crippen MR) is 154 cm³/mol. The monoisotopic (exact) mass is 578 g/mol. The van der Waals surface area contributed by atoms with Gasteiger partial charge in [0.2, 0.25) is 5.91 Å². The van der Waals surface area contributed by atoms with E-state index in [0.717, 1.165) is 5.56 Å². The van der Waals surface area contributed by atoms with Gasteiger partial charge in [0.25, 0.3) is 0 Å². The van der Waals surface area contributed by atoms with Crippen molar-refractivity contribution in [3.8, 4) is 5.69 Å². The number of thioether (sulfide) groups is 1. The van der Waals surface area contributed by atoms with Gasteiger partial charge in [-0.3, -0.25) is 9.36 Å². The Labute approximate surface area is 237 Å². The van der Waals surface area contributed by atoms with Gasteiger partial charge in [0.15, 0.2) is 20.8 Å². The Balaban J connectivity index is 1.60. The number of esters is 1. The maximum atomic E-state index is 13.2. The molecule has 3 aromatic carbocycles. The van der Waals surface area contributed by atoms with Gasteiger partial charge in [0, 0.05) is 11.4 Å². The summed E-state index contributed by atoms with van der Waals surface area (Å²) in [7, 11) is -3.70. The third-order valence-electron chi connectivity index (χ3n) is 5.97. The molecule has 4 rings (SSSR count). The molecular formula is C29H30N4O5S2. The molecule has 1 aromatic heterocycles. The van der Waals surface area contributed by atoms with E-state index in [1.165, 1.54) is 11.8 Å². The lowest BCUT2D eigenvalue weighted by Gasteiger charge is -2.16. The Bertz CT molecular complexity index is 1590. The topological polar surface area (TPSA) is 120 Å². The van der Waals surface area contributed by atoms with Crippen LogP contribution in [0.3, 0.4) is 0 Å². The second-order valence-electron chi connectivity index (χ2n) is 8.95. The van der Waals surface area contributed by atoms with Crippen molar-refractivity contribution >= 4 is 39.2 Å². The van der Waals surface area contributed by atoms with Crippen LogP contribution in [0.25, 0.3) is 5.69 Å². The van der Waals surface area contributed by atoms with Crippen LogP contribution >= 0.6 is 11.8 Å². The highest BCUT2D eigenvalue weighted by atomic mass is 32.2. The van der Waals surface area contributed by atoms with E-state index in [0.29, 0.717) is 28.5 Å². The first-order valence-electron chi connectivity index (χ1n) is 12.8. The first kappa shape index (κ1) is 29.0. The summed E-state index contributed by atoms with van der Waals surface area (Å²) >= 11 is 1.19. The lowest BCUT2D eigenvalue weighted by molar-refractivity contribution is -0.115. The highest BCUT2D eigenvalue weighted by Gasteiger charge is 2.26. The Hall–Kier alpha value is -3.96. The molecule has 0 aliphatic carbocycles. The van der Waals surface area contributed by atoms with Crippen molar-refractivity contribution in [1.82, 2.24) is 14.8 Å². The molecule has 1 unspecified atom stereocenters. The maximum Gasteiger partial charge on any atom is 0.338 e. The van der Waals surface area contributed by atoms with E-state index in [-0.39, 0.29) is 29.0 Å². The summed E-state index contributed by atoms with van der Waals surface area (Å²) in [5.41, 5.74) is 2.44. The standard InChI is InChI=1S/C29H30N4O5S2/c1-4-25(27(34)30-22-11-9-10-21(18-22)28(35)38-5-2)39-29-32-31-26(33(29)23-12-7-6-8-13-23)19-40(36,37)24-16-14-20(3)15-17-24/h6-18,25H,4-5,19H2,1-3H3,(H,30,34). The average molecular weight is 579 g/mol. The summed E-state index contributed by atoms with van der Waals surface area (Å²) in [4.78, 5) is 25.5. The van der Waals surface area contributed by atoms with Crippen molar-refractivity contribution in [2.24, 2.45) is 0 Å². The minimum atomic E-state index is -3.70. The summed E-state index contributed by atoms with van der Waals surface area (Å²) in [5, 5.41) is 11.2. The summed E-state index contributed by atoms with van der Waals surface area (Å²) in [6, 6.07) is 22.4. The van der Waals surface area contributed by atoms with Crippen molar-refractivity contribution in [2.75, 3.05) is 11.9 Å². The minimum absolute atomic E-state index is 0.200. The average Bonchev–Trinajstić information content (AvgIpc) is 3.33. The van der Waals surface area contributed by atoms with Gasteiger partial charge in [-0.2, -0.15) is 0 Å². The van der Waals surface area contributed by atoms with Crippen LogP contribution in [0.5, 0.6) is 0 Å². The van der Waals surface area contributed by atoms with E-state index < -0.39 is 21.1 Å². The number of rotatable bonds is 11. The smallest absolute Gasteiger partial charge is 0.338 e. The van der Waals surface area contributed by atoms with E-state index in [1.807, 2.05) is 44.2 Å². The Kier molecular flexibility index (Phi) is 9.38. The van der Waals surface area contributed by atoms with Gasteiger partial charge in [-0.15, -0.1) is 10.2 Å². The fourth-order valence-corrected chi connectivity index (χ4v) is 6.15. The number of ether oxygens (including phenoxy) is 1. The highest BCUT2D eigenvalue weighted by molar-refractivity contribution is 8.00. The molecule has 40 heavy (non-hydrogen) atoms. The molecule has 0 fully saturated rings. The Morgan fingerprint density at radius 3 is 2.38 bits per heavy atom. The number of para-hydroxylation sites is 1. The summed E-state index contributed by atoms with van der Waals surface area (Å²) in [5.74, 6) is -0.872. The molecule has 0 radical (unpaired) electrons. The van der Waals surface area contributed by atoms with Gasteiger partial charge >= 0.3 is 5.97 Å². The van der Waals surface area contributed by atoms with Crippen LogP contribution in [-0.4, -0.2) is 46.9 Å². The predicted octanol–water partition coefficient (Wildman–Crippen LogP) is 5.24. The van der Waals surface area contributed by atoms with Crippen LogP contribution in [0.1, 0.15) is 42.0 Å². The molecule has 11 heteroatoms. The molecule has 0 aliphatic heterocycles. The van der Waals surface area contributed by atoms with E-state index in [4.69, 9.17) is 4.74 Å². The zero-order chi connectivity index (χ0) is 28.7. The molecule has 0 saturated carbocycles. The number of nitrogens with zero attached hydrogens (tertiary/aromatic N) is 3. The van der Waals surface area contributed by atoms with Gasteiger partial charge in [0.05, 0.1) is 22.3 Å². The fraction of sp³-hybridized carbons (Fsp3) is 0.241. The third kappa shape index (κ3) is 6.97. The molecule has 0 aliphatic rings. The molecular weight excluding hydrogens is 548 g/mol. The fourth-order valence-electron chi connectivity index (χ4n) is 3.92. The lowest BCUT2D eigenvalue weighted by Crippen LogP contribution is -2.25. The van der Waals surface area contributed by atoms with Crippen LogP contribution < -0.4 is 5.32 Å². The molecule has 0 spiro atoms. The van der Waals surface area contributed by atoms with Crippen LogP contribution in [0.2, 0.25) is 0 Å². The number of aromatic nitrogens is 3. The van der Waals surface area contributed by atoms with Gasteiger partial charge in [-0.1, -0.05) is 60.6 Å². The molecule has 0 bridgehead atoms. The number of nitrogens with one attached hydrogen (secondary N) is 1. The second kappa shape index (κ2) is 12.9. The van der Waals surface area contributed by atoms with Gasteiger partial charge in [-0.25, -0.2) is 13.2 Å². The number of amides is 1. The summed E-state index contributed by atoms with van der Waals surface area (Å²) < 4.78 is 33.2. The molecule has 1 heterocycles. The molecule has 9 nitrogen and oxygen atoms in total. The normalized spacial score (nSPS) is 12.1. The Morgan fingerprint density at radius 2 is 1.70 bits per heavy atom. The maximum absolute atomic E-state index is 13.2. The lowest BCUT2D eigenvalue weighted by atomic mass is 10.2. The number of carbonyl (C=O) groups excluding carboxylic acids is 2. The van der Waals surface area contributed by atoms with Crippen molar-refractivity contribution in [1.29, 1.82) is 0 Å². The molecule has 4 aromatic rings. The zero-order valence-electron chi connectivity index (χ0n) is 22.4. The largest absolute Gasteiger partial charge is 0.462 e. The quantitative estimate of drug-likeness (QED) is 0.190. The number of hydrogen-bond donors (Lipinski definition) is 1. The van der Waals surface area contributed by atoms with Crippen LogP contribution in [-0.2, 0) is 25.1 Å². The van der Waals surface area contributed by atoms with Crippen molar-refractivity contribution in [3.63, 3.8) is 0 Å². The first-order valence-corrected chi connectivity index (χ1v) is 15.3. The SMILES string of the molecule is CCOC(=O)c1cccc(NC(=O)C(CC)Sc2nnc(CS(=O)(=O)c3ccc(C)cc3)n2-c2ccccc2)c1. The molecule has 208 valence electrons. The van der Waals surface area contributed by atoms with Gasteiger partial charge in [-0.05, 0) is 62.7 Å². The molecule has 1 atom stereocenters. The number of carbonyl (C=O) groups is 2. The van der Waals surface area contributed by atoms with Crippen LogP contribution in [0, 0.1) is 6.92 Å². The summed E-state index contributed by atoms with van der Waals surface area (Å²) in [6.45, 7) is 5.74. The van der Waals surface area contributed by atoms with Crippen molar-refractivity contribution in [3.05, 3.63) is 95.8 Å². The number of anilines is 1. The van der Waals surface area contributed by atoms with Crippen molar-refractivity contribution < 1.29 is 22.7 Å². The van der Waals surface area contributed by atoms with E-state index in [9.17, 15) is 18.0 Å². The Morgan fingerprint density at radius 1 is 0.975 bits per heavy atom. The van der Waals surface area contributed by atoms with E-state index in [2.05, 4.69) is 15.5 Å². The number of hydrogen-bond acceptors (Lipinski definition) is 8. The molecule has 1 amide bonds. The minimum Gasteiger partial charge on any atom is -0.462 e. The van der Waals surface area contributed by atoms with Crippen molar-refractivity contribution in [2.45, 2.75) is 48.2 Å². The first-order chi connectivity index (χ1) is 19.2. The number of aryl methyl sites for hydroxylation is 1. The highest BCUT2D eigenvalue weighted by Crippen LogP contribution is 2.30. The second-order valence-corrected chi connectivity index (χ2v) is 12.1. The molecule has 0 saturated heterocycles. The van der Waals surface area contributed by atoms with Gasteiger partial charge < -0.3 is 10.1 Å². The number of benzene rings is 3. The zero-order valence-corrected chi connectivity index (χ0v) is 24.0. The van der Waals surface area contributed by atoms with Gasteiger partial charge in [0.1, 0.15) is 5.75 Å². The van der Waals surface area contributed by atoms with E-state index >= 15 is 0 Å².